The first-order valence-corrected chi connectivity index (χ1v) is 16.6. The second kappa shape index (κ2) is 12.9. The van der Waals surface area contributed by atoms with E-state index in [0.29, 0.717) is 24.9 Å². The molecule has 1 aliphatic carbocycles. The Morgan fingerprint density at radius 1 is 1.02 bits per heavy atom. The number of nitrogens with zero attached hydrogens (tertiary/aromatic N) is 3. The number of ether oxygens (including phenoxy) is 1. The number of fused-ring (bicyclic) bond motifs is 1. The van der Waals surface area contributed by atoms with E-state index in [1.165, 1.54) is 49.8 Å². The first kappa shape index (κ1) is 29.4. The summed E-state index contributed by atoms with van der Waals surface area (Å²) < 4.78 is 9.42. The summed E-state index contributed by atoms with van der Waals surface area (Å²) in [6.45, 7) is 5.50. The maximum atomic E-state index is 12.6. The number of carbonyl (C=O) groups is 2. The number of hydrogen-bond donors (Lipinski definition) is 1. The molecule has 0 radical (unpaired) electrons. The van der Waals surface area contributed by atoms with E-state index >= 15 is 0 Å². The Morgan fingerprint density at radius 3 is 2.64 bits per heavy atom. The summed E-state index contributed by atoms with van der Waals surface area (Å²) in [5, 5.41) is 8.35. The number of nitrogens with one attached hydrogen (secondary N) is 1. The van der Waals surface area contributed by atoms with Crippen molar-refractivity contribution in [2.24, 2.45) is 13.0 Å². The lowest BCUT2D eigenvalue weighted by Gasteiger charge is -2.29. The molecule has 42 heavy (non-hydrogen) atoms. The van der Waals surface area contributed by atoms with Crippen LogP contribution in [0.5, 0.6) is 5.75 Å². The van der Waals surface area contributed by atoms with E-state index in [9.17, 15) is 9.59 Å². The first-order chi connectivity index (χ1) is 20.4. The van der Waals surface area contributed by atoms with E-state index in [1.54, 1.807) is 0 Å². The van der Waals surface area contributed by atoms with Gasteiger partial charge in [-0.25, -0.2) is 0 Å². The average Bonchev–Trinajstić information content (AvgIpc) is 3.59. The molecule has 3 aromatic rings. The molecule has 3 heterocycles. The molecule has 224 valence electrons. The van der Waals surface area contributed by atoms with Gasteiger partial charge in [0, 0.05) is 35.4 Å². The number of para-hydroxylation sites is 1. The van der Waals surface area contributed by atoms with Crippen molar-refractivity contribution in [3.05, 3.63) is 57.7 Å². The molecular weight excluding hydrogens is 592 g/mol. The minimum absolute atomic E-state index is 0.187. The van der Waals surface area contributed by atoms with Crippen molar-refractivity contribution in [3.8, 4) is 5.75 Å². The SMILES string of the molecule is Cc1c(Br)cccc1OC1CCC(CCCCN2CCC(c3cccc4c(C5CCC(=O)NC5=O)nn(C)c34)C2)CC1. The highest BCUT2D eigenvalue weighted by Gasteiger charge is 2.33. The number of aromatic nitrogens is 2. The number of halogens is 1. The van der Waals surface area contributed by atoms with Gasteiger partial charge in [0.15, 0.2) is 0 Å². The van der Waals surface area contributed by atoms with E-state index in [2.05, 4.69) is 69.5 Å². The summed E-state index contributed by atoms with van der Waals surface area (Å²) in [6, 6.07) is 12.6. The Hall–Kier alpha value is -2.71. The predicted octanol–water partition coefficient (Wildman–Crippen LogP) is 6.76. The van der Waals surface area contributed by atoms with Crippen LogP contribution in [0.15, 0.2) is 40.9 Å². The van der Waals surface area contributed by atoms with E-state index in [-0.39, 0.29) is 17.7 Å². The number of carbonyl (C=O) groups excluding carboxylic acids is 2. The maximum absolute atomic E-state index is 12.6. The molecule has 1 N–H and O–H groups in total. The van der Waals surface area contributed by atoms with Gasteiger partial charge >= 0.3 is 0 Å². The Kier molecular flexibility index (Phi) is 9.01. The van der Waals surface area contributed by atoms with Crippen LogP contribution in [-0.4, -0.2) is 52.2 Å². The van der Waals surface area contributed by atoms with Gasteiger partial charge in [-0.15, -0.1) is 0 Å². The molecule has 2 amide bonds. The lowest BCUT2D eigenvalue weighted by molar-refractivity contribution is -0.134. The molecule has 2 atom stereocenters. The number of amides is 2. The molecule has 2 unspecified atom stereocenters. The van der Waals surface area contributed by atoms with Gasteiger partial charge < -0.3 is 9.64 Å². The number of likely N-dealkylation sites (tertiary alicyclic amines) is 1. The second-order valence-electron chi connectivity index (χ2n) is 12.7. The van der Waals surface area contributed by atoms with Gasteiger partial charge in [-0.3, -0.25) is 19.6 Å². The zero-order valence-corrected chi connectivity index (χ0v) is 26.5. The van der Waals surface area contributed by atoms with Crippen LogP contribution >= 0.6 is 15.9 Å². The Morgan fingerprint density at radius 2 is 1.83 bits per heavy atom. The van der Waals surface area contributed by atoms with Gasteiger partial charge in [-0.05, 0) is 94.5 Å². The lowest BCUT2D eigenvalue weighted by Crippen LogP contribution is -2.39. The third kappa shape index (κ3) is 6.30. The number of piperidine rings is 1. The van der Waals surface area contributed by atoms with Crippen molar-refractivity contribution < 1.29 is 14.3 Å². The summed E-state index contributed by atoms with van der Waals surface area (Å²) in [7, 11) is 1.98. The van der Waals surface area contributed by atoms with Crippen molar-refractivity contribution in [3.63, 3.8) is 0 Å². The van der Waals surface area contributed by atoms with E-state index < -0.39 is 0 Å². The van der Waals surface area contributed by atoms with Crippen LogP contribution in [0.4, 0.5) is 0 Å². The molecule has 8 heteroatoms. The molecule has 3 aliphatic rings. The summed E-state index contributed by atoms with van der Waals surface area (Å²) in [6.07, 6.45) is 11.2. The third-order valence-corrected chi connectivity index (χ3v) is 10.7. The largest absolute Gasteiger partial charge is 0.490 e. The minimum atomic E-state index is -0.361. The molecule has 7 nitrogen and oxygen atoms in total. The van der Waals surface area contributed by atoms with E-state index in [4.69, 9.17) is 9.84 Å². The summed E-state index contributed by atoms with van der Waals surface area (Å²) in [4.78, 5) is 26.9. The third-order valence-electron chi connectivity index (χ3n) is 9.85. The standard InChI is InChI=1S/C34H43BrN4O3/c1-22-29(35)10-6-11-30(22)42-25-14-12-23(13-15-25)7-3-4-19-39-20-18-24(21-39)26-8-5-9-27-32(37-38(2)33(26)27)28-16-17-31(40)36-34(28)41/h5-6,8-11,23-25,28H,3-4,7,12-21H2,1-2H3,(H,36,40,41). The maximum Gasteiger partial charge on any atom is 0.235 e. The number of rotatable bonds is 9. The van der Waals surface area contributed by atoms with E-state index in [0.717, 1.165) is 65.1 Å². The zero-order valence-electron chi connectivity index (χ0n) is 24.9. The van der Waals surface area contributed by atoms with Crippen molar-refractivity contribution in [2.75, 3.05) is 19.6 Å². The highest BCUT2D eigenvalue weighted by atomic mass is 79.9. The number of hydrogen-bond acceptors (Lipinski definition) is 5. The van der Waals surface area contributed by atoms with Crippen molar-refractivity contribution >= 4 is 38.6 Å². The fraction of sp³-hybridized carbons (Fsp3) is 0.559. The number of aryl methyl sites for hydroxylation is 1. The Balaban J connectivity index is 0.968. The van der Waals surface area contributed by atoms with Gasteiger partial charge in [0.2, 0.25) is 11.8 Å². The van der Waals surface area contributed by atoms with Crippen LogP contribution in [0.2, 0.25) is 0 Å². The van der Waals surface area contributed by atoms with Gasteiger partial charge in [0.05, 0.1) is 23.2 Å². The molecule has 1 saturated carbocycles. The molecule has 6 rings (SSSR count). The van der Waals surface area contributed by atoms with Gasteiger partial charge in [-0.1, -0.05) is 53.0 Å². The van der Waals surface area contributed by atoms with Crippen molar-refractivity contribution in [2.45, 2.75) is 89.1 Å². The topological polar surface area (TPSA) is 76.5 Å². The Labute approximate surface area is 257 Å². The van der Waals surface area contributed by atoms with E-state index in [1.807, 2.05) is 11.7 Å². The highest BCUT2D eigenvalue weighted by Crippen LogP contribution is 2.37. The summed E-state index contributed by atoms with van der Waals surface area (Å²) >= 11 is 3.62. The second-order valence-corrected chi connectivity index (χ2v) is 13.5. The molecule has 2 aliphatic heterocycles. The normalized spacial score (nSPS) is 25.2. The van der Waals surface area contributed by atoms with Crippen molar-refractivity contribution in [1.29, 1.82) is 0 Å². The monoisotopic (exact) mass is 634 g/mol. The number of benzene rings is 2. The molecule has 1 aromatic heterocycles. The molecule has 0 spiro atoms. The van der Waals surface area contributed by atoms with Gasteiger partial charge in [-0.2, -0.15) is 5.10 Å². The highest BCUT2D eigenvalue weighted by molar-refractivity contribution is 9.10. The fourth-order valence-corrected chi connectivity index (χ4v) is 7.78. The minimum Gasteiger partial charge on any atom is -0.490 e. The summed E-state index contributed by atoms with van der Waals surface area (Å²) in [5.74, 6) is 1.56. The quantitative estimate of drug-likeness (QED) is 0.208. The van der Waals surface area contributed by atoms with Crippen LogP contribution < -0.4 is 10.1 Å². The lowest BCUT2D eigenvalue weighted by atomic mass is 9.84. The zero-order chi connectivity index (χ0) is 29.2. The number of imide groups is 1. The molecule has 2 saturated heterocycles. The summed E-state index contributed by atoms with van der Waals surface area (Å²) in [5.41, 5.74) is 4.47. The van der Waals surface area contributed by atoms with Crippen LogP contribution in [0.1, 0.15) is 92.9 Å². The Bertz CT molecular complexity index is 1440. The molecule has 3 fully saturated rings. The first-order valence-electron chi connectivity index (χ1n) is 15.8. The molecular formula is C34H43BrN4O3. The van der Waals surface area contributed by atoms with Crippen LogP contribution in [0, 0.1) is 12.8 Å². The van der Waals surface area contributed by atoms with Crippen LogP contribution in [-0.2, 0) is 16.6 Å². The predicted molar refractivity (Wildman–Crippen MR) is 169 cm³/mol. The van der Waals surface area contributed by atoms with Gasteiger partial charge in [0.25, 0.3) is 0 Å². The van der Waals surface area contributed by atoms with Gasteiger partial charge in [0.1, 0.15) is 5.75 Å². The molecule has 0 bridgehead atoms. The average molecular weight is 636 g/mol. The number of unbranched alkanes of at least 4 members (excludes halogenated alkanes) is 1. The van der Waals surface area contributed by atoms with Crippen LogP contribution in [0.3, 0.4) is 0 Å². The van der Waals surface area contributed by atoms with Crippen LogP contribution in [0.25, 0.3) is 10.9 Å². The fourth-order valence-electron chi connectivity index (χ4n) is 7.43. The smallest absolute Gasteiger partial charge is 0.235 e. The molecule has 2 aromatic carbocycles. The van der Waals surface area contributed by atoms with Crippen molar-refractivity contribution in [1.82, 2.24) is 20.0 Å².